The molecule has 0 bridgehead atoms. The molecule has 0 spiro atoms. The van der Waals surface area contributed by atoms with E-state index in [4.69, 9.17) is 11.6 Å². The van der Waals surface area contributed by atoms with E-state index in [2.05, 4.69) is 20.3 Å². The maximum atomic E-state index is 12.3. The van der Waals surface area contributed by atoms with Crippen molar-refractivity contribution >= 4 is 50.6 Å². The van der Waals surface area contributed by atoms with Crippen molar-refractivity contribution in [1.29, 1.82) is 0 Å². The topological polar surface area (TPSA) is 120 Å². The predicted molar refractivity (Wildman–Crippen MR) is 94.9 cm³/mol. The average Bonchev–Trinajstić information content (AvgIpc) is 2.48. The second-order valence-electron chi connectivity index (χ2n) is 5.22. The third-order valence-electron chi connectivity index (χ3n) is 3.21. The molecule has 0 saturated heterocycles. The van der Waals surface area contributed by atoms with Crippen molar-refractivity contribution in [2.45, 2.75) is 11.8 Å². The molecule has 8 nitrogen and oxygen atoms in total. The van der Waals surface area contributed by atoms with Crippen LogP contribution in [0.3, 0.4) is 0 Å². The number of phenolic OH excluding ortho intramolecular Hbond substituents is 1. The number of aliphatic imine (C=N–C) groups is 1. The molecule has 4 N–H and O–H groups in total. The van der Waals surface area contributed by atoms with Gasteiger partial charge in [0.2, 0.25) is 11.9 Å². The average molecular weight is 381 g/mol. The number of amides is 1. The zero-order valence-electron chi connectivity index (χ0n) is 12.9. The molecular weight excluding hydrogens is 368 g/mol. The van der Waals surface area contributed by atoms with Gasteiger partial charge in [0.15, 0.2) is 0 Å². The zero-order chi connectivity index (χ0) is 18.2. The number of benzene rings is 2. The van der Waals surface area contributed by atoms with Crippen LogP contribution in [0.5, 0.6) is 5.75 Å². The molecule has 1 aliphatic heterocycles. The summed E-state index contributed by atoms with van der Waals surface area (Å²) in [5.41, 5.74) is 0.917. The number of sulfonamides is 1. The first-order valence-corrected chi connectivity index (χ1v) is 8.89. The van der Waals surface area contributed by atoms with E-state index >= 15 is 0 Å². The van der Waals surface area contributed by atoms with Crippen molar-refractivity contribution in [2.24, 2.45) is 4.99 Å². The summed E-state index contributed by atoms with van der Waals surface area (Å²) < 4.78 is 26.9. The molecule has 0 atom stereocenters. The largest absolute Gasteiger partial charge is 0.506 e. The summed E-state index contributed by atoms with van der Waals surface area (Å²) in [6.45, 7) is 1.38. The van der Waals surface area contributed by atoms with Crippen LogP contribution in [-0.4, -0.2) is 25.4 Å². The first kappa shape index (κ1) is 17.1. The van der Waals surface area contributed by atoms with Gasteiger partial charge in [0, 0.05) is 29.4 Å². The highest BCUT2D eigenvalue weighted by molar-refractivity contribution is 7.90. The zero-order valence-corrected chi connectivity index (χ0v) is 14.4. The van der Waals surface area contributed by atoms with E-state index < -0.39 is 10.0 Å². The van der Waals surface area contributed by atoms with Gasteiger partial charge in [-0.25, -0.2) is 18.1 Å². The minimum absolute atomic E-state index is 0.0799. The highest BCUT2D eigenvalue weighted by Gasteiger charge is 2.28. The van der Waals surface area contributed by atoms with E-state index in [1.807, 2.05) is 0 Å². The summed E-state index contributed by atoms with van der Waals surface area (Å²) in [6, 6.07) is 9.05. The summed E-state index contributed by atoms with van der Waals surface area (Å²) in [5, 5.41) is 15.4. The minimum atomic E-state index is -3.94. The number of hydrogen-bond acceptors (Lipinski definition) is 6. The van der Waals surface area contributed by atoms with Crippen molar-refractivity contribution in [3.63, 3.8) is 0 Å². The Labute approximate surface area is 148 Å². The summed E-state index contributed by atoms with van der Waals surface area (Å²) in [5.74, 6) is -0.674. The smallest absolute Gasteiger partial charge is 0.266 e. The Hall–Kier alpha value is -2.78. The van der Waals surface area contributed by atoms with Crippen LogP contribution < -0.4 is 15.4 Å². The van der Waals surface area contributed by atoms with Crippen molar-refractivity contribution in [3.05, 3.63) is 41.4 Å². The number of carbonyl (C=O) groups excluding carboxylic acids is 1. The van der Waals surface area contributed by atoms with E-state index in [-0.39, 0.29) is 33.2 Å². The number of guanidine groups is 1. The predicted octanol–water partition coefficient (Wildman–Crippen LogP) is 2.40. The normalized spacial score (nSPS) is 14.7. The molecular formula is C15H13ClN4O4S. The number of hydrogen-bond donors (Lipinski definition) is 4. The molecule has 0 saturated carbocycles. The SMILES string of the molecule is CC(=O)Nc1cccc(NC2=Nc3c(O)cc(Cl)cc3S(=O)(=O)N2)c1. The van der Waals surface area contributed by atoms with E-state index in [9.17, 15) is 18.3 Å². The molecule has 2 aromatic carbocycles. The second-order valence-corrected chi connectivity index (χ2v) is 7.31. The number of carbonyl (C=O) groups is 1. The fraction of sp³-hybridized carbons (Fsp3) is 0.0667. The standard InChI is InChI=1S/C15H13ClN4O4S/c1-8(21)17-10-3-2-4-11(7-10)18-15-19-14-12(22)5-9(16)6-13(14)25(23,24)20-15/h2-7,22H,1H3,(H,17,21)(H2,18,19,20). The monoisotopic (exact) mass is 380 g/mol. The molecule has 1 heterocycles. The van der Waals surface area contributed by atoms with E-state index in [0.717, 1.165) is 0 Å². The van der Waals surface area contributed by atoms with Crippen LogP contribution in [0.2, 0.25) is 5.02 Å². The number of aromatic hydroxyl groups is 1. The Morgan fingerprint density at radius 1 is 1.24 bits per heavy atom. The van der Waals surface area contributed by atoms with Gasteiger partial charge < -0.3 is 15.7 Å². The van der Waals surface area contributed by atoms with Crippen molar-refractivity contribution < 1.29 is 18.3 Å². The molecule has 25 heavy (non-hydrogen) atoms. The lowest BCUT2D eigenvalue weighted by atomic mass is 10.2. The van der Waals surface area contributed by atoms with Crippen LogP contribution in [-0.2, 0) is 14.8 Å². The Bertz CT molecular complexity index is 1000. The second kappa shape index (κ2) is 6.26. The molecule has 1 amide bonds. The molecule has 1 aliphatic rings. The van der Waals surface area contributed by atoms with Crippen LogP contribution in [0.25, 0.3) is 0 Å². The van der Waals surface area contributed by atoms with Crippen LogP contribution in [0.1, 0.15) is 6.92 Å². The fourth-order valence-electron chi connectivity index (χ4n) is 2.26. The van der Waals surface area contributed by atoms with Crippen LogP contribution in [0.15, 0.2) is 46.3 Å². The summed E-state index contributed by atoms with van der Waals surface area (Å²) in [7, 11) is -3.94. The summed E-state index contributed by atoms with van der Waals surface area (Å²) >= 11 is 5.78. The number of rotatable bonds is 2. The quantitative estimate of drug-likeness (QED) is 0.637. The minimum Gasteiger partial charge on any atom is -0.506 e. The molecule has 10 heteroatoms. The van der Waals surface area contributed by atoms with Crippen molar-refractivity contribution in [2.75, 3.05) is 10.6 Å². The van der Waals surface area contributed by atoms with Gasteiger partial charge in [0.05, 0.1) is 0 Å². The molecule has 0 fully saturated rings. The number of anilines is 2. The Morgan fingerprint density at radius 3 is 2.68 bits per heavy atom. The third kappa shape index (κ3) is 3.67. The highest BCUT2D eigenvalue weighted by Crippen LogP contribution is 2.38. The summed E-state index contributed by atoms with van der Waals surface area (Å²) in [4.78, 5) is 15.0. The van der Waals surface area contributed by atoms with E-state index in [1.54, 1.807) is 24.3 Å². The number of nitrogens with zero attached hydrogens (tertiary/aromatic N) is 1. The first-order valence-electron chi connectivity index (χ1n) is 7.03. The molecule has 0 aromatic heterocycles. The molecule has 130 valence electrons. The molecule has 0 unspecified atom stereocenters. The van der Waals surface area contributed by atoms with Gasteiger partial charge in [0.1, 0.15) is 16.3 Å². The van der Waals surface area contributed by atoms with E-state index in [0.29, 0.717) is 11.4 Å². The van der Waals surface area contributed by atoms with Gasteiger partial charge in [-0.15, -0.1) is 0 Å². The lowest BCUT2D eigenvalue weighted by Gasteiger charge is -2.20. The Morgan fingerprint density at radius 2 is 1.96 bits per heavy atom. The molecule has 2 aromatic rings. The highest BCUT2D eigenvalue weighted by atomic mass is 35.5. The number of nitrogens with one attached hydrogen (secondary N) is 3. The van der Waals surface area contributed by atoms with Gasteiger partial charge in [-0.2, -0.15) is 0 Å². The third-order valence-corrected chi connectivity index (χ3v) is 4.78. The van der Waals surface area contributed by atoms with Gasteiger partial charge >= 0.3 is 0 Å². The number of fused-ring (bicyclic) bond motifs is 1. The van der Waals surface area contributed by atoms with Gasteiger partial charge in [-0.1, -0.05) is 17.7 Å². The van der Waals surface area contributed by atoms with Gasteiger partial charge in [0.25, 0.3) is 10.0 Å². The summed E-state index contributed by atoms with van der Waals surface area (Å²) in [6.07, 6.45) is 0. The van der Waals surface area contributed by atoms with Crippen LogP contribution in [0.4, 0.5) is 17.1 Å². The molecule has 0 aliphatic carbocycles. The Kier molecular flexibility index (Phi) is 4.27. The number of phenols is 1. The van der Waals surface area contributed by atoms with E-state index in [1.165, 1.54) is 19.1 Å². The van der Waals surface area contributed by atoms with Crippen LogP contribution in [0, 0.1) is 0 Å². The number of halogens is 1. The molecule has 3 rings (SSSR count). The lowest BCUT2D eigenvalue weighted by Crippen LogP contribution is -2.38. The maximum absolute atomic E-state index is 12.3. The lowest BCUT2D eigenvalue weighted by molar-refractivity contribution is -0.114. The van der Waals surface area contributed by atoms with Gasteiger partial charge in [-0.3, -0.25) is 4.79 Å². The fourth-order valence-corrected chi connectivity index (χ4v) is 3.69. The van der Waals surface area contributed by atoms with Crippen molar-refractivity contribution in [3.8, 4) is 5.75 Å². The van der Waals surface area contributed by atoms with Crippen molar-refractivity contribution in [1.82, 2.24) is 4.72 Å². The molecule has 0 radical (unpaired) electrons. The Balaban J connectivity index is 1.97. The van der Waals surface area contributed by atoms with Crippen LogP contribution >= 0.6 is 11.6 Å². The first-order chi connectivity index (χ1) is 11.7. The van der Waals surface area contributed by atoms with Gasteiger partial charge in [-0.05, 0) is 24.3 Å². The maximum Gasteiger partial charge on any atom is 0.266 e.